The fraction of sp³-hybridized carbons (Fsp3) is 0. The molecular formula is C40H25NO2. The molecule has 0 saturated heterocycles. The van der Waals surface area contributed by atoms with Crippen LogP contribution in [0.4, 0.5) is 17.1 Å². The molecule has 0 unspecified atom stereocenters. The summed E-state index contributed by atoms with van der Waals surface area (Å²) in [5, 5.41) is 6.62. The van der Waals surface area contributed by atoms with Crippen LogP contribution in [0.1, 0.15) is 0 Å². The van der Waals surface area contributed by atoms with Gasteiger partial charge in [0.2, 0.25) is 0 Å². The van der Waals surface area contributed by atoms with Crippen LogP contribution in [0.25, 0.3) is 65.8 Å². The van der Waals surface area contributed by atoms with E-state index >= 15 is 0 Å². The highest BCUT2D eigenvalue weighted by atomic mass is 16.3. The average molecular weight is 552 g/mol. The van der Waals surface area contributed by atoms with E-state index in [9.17, 15) is 0 Å². The van der Waals surface area contributed by atoms with E-state index in [1.165, 1.54) is 0 Å². The first-order valence-electron chi connectivity index (χ1n) is 14.5. The third kappa shape index (κ3) is 3.68. The van der Waals surface area contributed by atoms with Crippen molar-refractivity contribution in [2.75, 3.05) is 4.90 Å². The van der Waals surface area contributed by atoms with Crippen LogP contribution >= 0.6 is 0 Å². The molecule has 0 aliphatic carbocycles. The number of nitrogens with zero attached hydrogens (tertiary/aromatic N) is 1. The molecule has 3 heteroatoms. The van der Waals surface area contributed by atoms with Crippen molar-refractivity contribution in [1.82, 2.24) is 0 Å². The van der Waals surface area contributed by atoms with Crippen LogP contribution < -0.4 is 4.90 Å². The highest BCUT2D eigenvalue weighted by molar-refractivity contribution is 6.20. The number of hydrogen-bond donors (Lipinski definition) is 0. The van der Waals surface area contributed by atoms with Crippen molar-refractivity contribution < 1.29 is 8.83 Å². The van der Waals surface area contributed by atoms with Gasteiger partial charge in [0.1, 0.15) is 22.3 Å². The Labute approximate surface area is 247 Å². The van der Waals surface area contributed by atoms with E-state index in [2.05, 4.69) is 132 Å². The number of furan rings is 2. The Morgan fingerprint density at radius 1 is 0.372 bits per heavy atom. The Balaban J connectivity index is 1.40. The van der Waals surface area contributed by atoms with Gasteiger partial charge in [0.25, 0.3) is 0 Å². The summed E-state index contributed by atoms with van der Waals surface area (Å²) in [7, 11) is 0. The van der Waals surface area contributed by atoms with Gasteiger partial charge in [-0.25, -0.2) is 0 Å². The summed E-state index contributed by atoms with van der Waals surface area (Å²) in [6, 6.07) is 53.1. The second kappa shape index (κ2) is 9.37. The maximum absolute atomic E-state index is 6.46. The van der Waals surface area contributed by atoms with Crippen LogP contribution in [-0.2, 0) is 0 Å². The number of rotatable bonds is 4. The van der Waals surface area contributed by atoms with Crippen LogP contribution in [-0.4, -0.2) is 0 Å². The highest BCUT2D eigenvalue weighted by Gasteiger charge is 2.23. The topological polar surface area (TPSA) is 29.5 Å². The van der Waals surface area contributed by atoms with Crippen LogP contribution in [0, 0.1) is 0 Å². The van der Waals surface area contributed by atoms with Gasteiger partial charge in [0, 0.05) is 49.6 Å². The minimum Gasteiger partial charge on any atom is -0.456 e. The predicted octanol–water partition coefficient (Wildman–Crippen LogP) is 11.8. The Morgan fingerprint density at radius 3 is 1.79 bits per heavy atom. The number of benzene rings is 7. The summed E-state index contributed by atoms with van der Waals surface area (Å²) in [5.41, 5.74) is 9.04. The Morgan fingerprint density at radius 2 is 0.977 bits per heavy atom. The Bertz CT molecular complexity index is 2470. The molecule has 7 aromatic carbocycles. The molecule has 0 aliphatic heterocycles. The first kappa shape index (κ1) is 23.9. The van der Waals surface area contributed by atoms with Crippen molar-refractivity contribution in [3.8, 4) is 11.1 Å². The zero-order chi connectivity index (χ0) is 28.3. The van der Waals surface area contributed by atoms with Crippen molar-refractivity contribution >= 4 is 71.7 Å². The fourth-order valence-corrected chi connectivity index (χ4v) is 6.50. The Hall–Kier alpha value is -5.80. The monoisotopic (exact) mass is 551 g/mol. The molecule has 2 aromatic heterocycles. The van der Waals surface area contributed by atoms with E-state index in [1.807, 2.05) is 24.3 Å². The van der Waals surface area contributed by atoms with Gasteiger partial charge in [0.05, 0.1) is 11.4 Å². The zero-order valence-corrected chi connectivity index (χ0v) is 23.2. The summed E-state index contributed by atoms with van der Waals surface area (Å²) in [6.45, 7) is 0. The molecule has 0 saturated carbocycles. The first-order chi connectivity index (χ1) is 21.3. The molecular weight excluding hydrogens is 526 g/mol. The first-order valence-corrected chi connectivity index (χ1v) is 14.5. The molecule has 0 fully saturated rings. The molecule has 43 heavy (non-hydrogen) atoms. The molecule has 9 aromatic rings. The van der Waals surface area contributed by atoms with E-state index in [4.69, 9.17) is 8.83 Å². The van der Waals surface area contributed by atoms with Crippen LogP contribution in [0.2, 0.25) is 0 Å². The lowest BCUT2D eigenvalue weighted by Crippen LogP contribution is -2.11. The second-order valence-electron chi connectivity index (χ2n) is 10.9. The van der Waals surface area contributed by atoms with Crippen molar-refractivity contribution in [3.63, 3.8) is 0 Å². The van der Waals surface area contributed by atoms with Crippen molar-refractivity contribution in [2.45, 2.75) is 0 Å². The van der Waals surface area contributed by atoms with E-state index in [0.29, 0.717) is 0 Å². The number of hydrogen-bond acceptors (Lipinski definition) is 3. The van der Waals surface area contributed by atoms with Gasteiger partial charge < -0.3 is 13.7 Å². The molecule has 3 nitrogen and oxygen atoms in total. The third-order valence-electron chi connectivity index (χ3n) is 8.45. The maximum atomic E-state index is 6.46. The van der Waals surface area contributed by atoms with E-state index in [1.54, 1.807) is 0 Å². The smallest absolute Gasteiger partial charge is 0.143 e. The molecule has 0 bridgehead atoms. The minimum atomic E-state index is 0.861. The molecule has 0 radical (unpaired) electrons. The molecule has 202 valence electrons. The summed E-state index contributed by atoms with van der Waals surface area (Å²) >= 11 is 0. The molecule has 0 atom stereocenters. The van der Waals surface area contributed by atoms with Gasteiger partial charge in [0.15, 0.2) is 0 Å². The summed E-state index contributed by atoms with van der Waals surface area (Å²) in [5.74, 6) is 0. The molecule has 0 amide bonds. The number of anilines is 3. The van der Waals surface area contributed by atoms with Gasteiger partial charge in [-0.05, 0) is 42.0 Å². The number of para-hydroxylation sites is 3. The molecule has 0 spiro atoms. The van der Waals surface area contributed by atoms with Gasteiger partial charge in [-0.1, -0.05) is 109 Å². The van der Waals surface area contributed by atoms with Crippen molar-refractivity contribution in [2.24, 2.45) is 0 Å². The largest absolute Gasteiger partial charge is 0.456 e. The second-order valence-corrected chi connectivity index (χ2v) is 10.9. The van der Waals surface area contributed by atoms with Crippen molar-refractivity contribution in [3.05, 3.63) is 152 Å². The SMILES string of the molecule is c1ccc(-c2ccccc2N(c2ccc3c(c2)oc2ccccc23)c2cc3c4ccccc4oc3c3ccccc23)cc1. The predicted molar refractivity (Wildman–Crippen MR) is 179 cm³/mol. The van der Waals surface area contributed by atoms with E-state index < -0.39 is 0 Å². The van der Waals surface area contributed by atoms with Crippen molar-refractivity contribution in [1.29, 1.82) is 0 Å². The molecule has 0 aliphatic rings. The highest BCUT2D eigenvalue weighted by Crippen LogP contribution is 2.47. The lowest BCUT2D eigenvalue weighted by atomic mass is 9.99. The molecule has 0 N–H and O–H groups in total. The zero-order valence-electron chi connectivity index (χ0n) is 23.2. The van der Waals surface area contributed by atoms with Gasteiger partial charge >= 0.3 is 0 Å². The average Bonchev–Trinajstić information content (AvgIpc) is 3.64. The normalized spacial score (nSPS) is 11.7. The van der Waals surface area contributed by atoms with Gasteiger partial charge in [-0.2, -0.15) is 0 Å². The summed E-state index contributed by atoms with van der Waals surface area (Å²) in [4.78, 5) is 2.37. The van der Waals surface area contributed by atoms with E-state index in [-0.39, 0.29) is 0 Å². The number of fused-ring (bicyclic) bond motifs is 8. The maximum Gasteiger partial charge on any atom is 0.143 e. The molecule has 2 heterocycles. The van der Waals surface area contributed by atoms with Crippen LogP contribution in [0.5, 0.6) is 0 Å². The lowest BCUT2D eigenvalue weighted by molar-refractivity contribution is 0.669. The van der Waals surface area contributed by atoms with Gasteiger partial charge in [-0.15, -0.1) is 0 Å². The summed E-state index contributed by atoms with van der Waals surface area (Å²) < 4.78 is 12.9. The van der Waals surface area contributed by atoms with Crippen LogP contribution in [0.3, 0.4) is 0 Å². The van der Waals surface area contributed by atoms with E-state index in [0.717, 1.165) is 82.8 Å². The molecule has 9 rings (SSSR count). The minimum absolute atomic E-state index is 0.861. The third-order valence-corrected chi connectivity index (χ3v) is 8.45. The standard InChI is InChI=1S/C40H25NO2/c1-2-12-26(13-3-1)28-14-6-9-19-35(28)41(27-22-23-32-30-16-7-10-20-37(30)42-39(32)24-27)36-25-34-31-17-8-11-21-38(31)43-40(34)33-18-5-4-15-29(33)36/h1-25H. The van der Waals surface area contributed by atoms with Gasteiger partial charge in [-0.3, -0.25) is 0 Å². The quantitative estimate of drug-likeness (QED) is 0.218. The summed E-state index contributed by atoms with van der Waals surface area (Å²) in [6.07, 6.45) is 0. The fourth-order valence-electron chi connectivity index (χ4n) is 6.50. The van der Waals surface area contributed by atoms with Crippen LogP contribution in [0.15, 0.2) is 160 Å². The Kier molecular flexibility index (Phi) is 5.20. The lowest BCUT2D eigenvalue weighted by Gasteiger charge is -2.29.